The van der Waals surface area contributed by atoms with Gasteiger partial charge in [-0.3, -0.25) is 4.98 Å². The van der Waals surface area contributed by atoms with Gasteiger partial charge in [0.05, 0.1) is 0 Å². The lowest BCUT2D eigenvalue weighted by atomic mass is 9.68. The molecule has 2 heteroatoms. The molecule has 2 nitrogen and oxygen atoms in total. The van der Waals surface area contributed by atoms with Gasteiger partial charge in [-0.25, -0.2) is 0 Å². The van der Waals surface area contributed by atoms with Crippen LogP contribution in [0.4, 0.5) is 0 Å². The first kappa shape index (κ1) is 14.5. The summed E-state index contributed by atoms with van der Waals surface area (Å²) in [5.41, 5.74) is 3.19. The van der Waals surface area contributed by atoms with Gasteiger partial charge in [0, 0.05) is 17.8 Å². The van der Waals surface area contributed by atoms with Crippen molar-refractivity contribution >= 4 is 0 Å². The molecule has 1 aliphatic carbocycles. The number of fused-ring (bicyclic) bond motifs is 1. The average Bonchev–Trinajstić information content (AvgIpc) is 2.43. The molecule has 1 aliphatic rings. The molecule has 0 spiro atoms. The van der Waals surface area contributed by atoms with E-state index >= 15 is 0 Å². The Kier molecular flexibility index (Phi) is 4.98. The molecule has 0 radical (unpaired) electrons. The van der Waals surface area contributed by atoms with Gasteiger partial charge >= 0.3 is 0 Å². The minimum absolute atomic E-state index is 0.338. The van der Waals surface area contributed by atoms with Crippen LogP contribution in [0.5, 0.6) is 0 Å². The van der Waals surface area contributed by atoms with E-state index in [1.807, 2.05) is 6.20 Å². The summed E-state index contributed by atoms with van der Waals surface area (Å²) in [6.45, 7) is 9.30. The fourth-order valence-corrected chi connectivity index (χ4v) is 3.26. The van der Waals surface area contributed by atoms with E-state index in [9.17, 15) is 0 Å². The predicted molar refractivity (Wildman–Crippen MR) is 81.5 cm³/mol. The second-order valence-electron chi connectivity index (χ2n) is 6.48. The standard InChI is InChI=1S/C17H28N2/c1-4-11-18-13-10-17(2,3)15-9-5-7-14-8-6-12-19-16(14)15/h6,8,12,15,18H,4-5,7,9-11,13H2,1-3H3. The van der Waals surface area contributed by atoms with Crippen LogP contribution in [0.25, 0.3) is 0 Å². The monoisotopic (exact) mass is 260 g/mol. The molecule has 1 aromatic heterocycles. The molecule has 1 atom stereocenters. The molecule has 0 bridgehead atoms. The first-order valence-electron chi connectivity index (χ1n) is 7.79. The van der Waals surface area contributed by atoms with Gasteiger partial charge < -0.3 is 5.32 Å². The van der Waals surface area contributed by atoms with Crippen molar-refractivity contribution in [3.05, 3.63) is 29.6 Å². The zero-order chi connectivity index (χ0) is 13.7. The summed E-state index contributed by atoms with van der Waals surface area (Å²) < 4.78 is 0. The summed E-state index contributed by atoms with van der Waals surface area (Å²) in [6.07, 6.45) is 8.23. The number of nitrogens with one attached hydrogen (secondary N) is 1. The third-order valence-electron chi connectivity index (χ3n) is 4.51. The van der Waals surface area contributed by atoms with Gasteiger partial charge in [0.15, 0.2) is 0 Å². The molecule has 2 rings (SSSR count). The maximum atomic E-state index is 4.69. The average molecular weight is 260 g/mol. The van der Waals surface area contributed by atoms with Crippen LogP contribution in [-0.2, 0) is 6.42 Å². The maximum absolute atomic E-state index is 4.69. The first-order chi connectivity index (χ1) is 9.15. The summed E-state index contributed by atoms with van der Waals surface area (Å²) >= 11 is 0. The largest absolute Gasteiger partial charge is 0.317 e. The van der Waals surface area contributed by atoms with Crippen LogP contribution in [0.1, 0.15) is 63.6 Å². The lowest BCUT2D eigenvalue weighted by Crippen LogP contribution is -2.30. The topological polar surface area (TPSA) is 24.9 Å². The van der Waals surface area contributed by atoms with Crippen LogP contribution in [0.3, 0.4) is 0 Å². The fourth-order valence-electron chi connectivity index (χ4n) is 3.26. The Morgan fingerprint density at radius 2 is 2.21 bits per heavy atom. The van der Waals surface area contributed by atoms with E-state index < -0.39 is 0 Å². The van der Waals surface area contributed by atoms with Gasteiger partial charge in [-0.15, -0.1) is 0 Å². The second-order valence-corrected chi connectivity index (χ2v) is 6.48. The summed E-state index contributed by atoms with van der Waals surface area (Å²) in [7, 11) is 0. The van der Waals surface area contributed by atoms with E-state index in [0.29, 0.717) is 11.3 Å². The summed E-state index contributed by atoms with van der Waals surface area (Å²) in [5.74, 6) is 0.626. The van der Waals surface area contributed by atoms with Crippen molar-refractivity contribution in [1.82, 2.24) is 10.3 Å². The van der Waals surface area contributed by atoms with E-state index in [4.69, 9.17) is 4.98 Å². The van der Waals surface area contributed by atoms with E-state index in [1.165, 1.54) is 43.4 Å². The SMILES string of the molecule is CCCNCCC(C)(C)C1CCCc2cccnc21. The van der Waals surface area contributed by atoms with E-state index in [-0.39, 0.29) is 0 Å². The molecule has 0 saturated heterocycles. The molecule has 1 aromatic rings. The predicted octanol–water partition coefficient (Wildman–Crippen LogP) is 3.92. The zero-order valence-electron chi connectivity index (χ0n) is 12.7. The lowest BCUT2D eigenvalue weighted by molar-refractivity contribution is 0.232. The minimum Gasteiger partial charge on any atom is -0.317 e. The van der Waals surface area contributed by atoms with Crippen molar-refractivity contribution in [2.24, 2.45) is 5.41 Å². The number of hydrogen-bond donors (Lipinski definition) is 1. The van der Waals surface area contributed by atoms with Gasteiger partial charge in [0.1, 0.15) is 0 Å². The highest BCUT2D eigenvalue weighted by molar-refractivity contribution is 5.27. The Labute approximate surface area is 118 Å². The van der Waals surface area contributed by atoms with Crippen molar-refractivity contribution < 1.29 is 0 Å². The number of aromatic nitrogens is 1. The number of rotatable bonds is 6. The van der Waals surface area contributed by atoms with Crippen LogP contribution >= 0.6 is 0 Å². The van der Waals surface area contributed by atoms with Gasteiger partial charge in [-0.1, -0.05) is 26.8 Å². The molecule has 1 N–H and O–H groups in total. The number of hydrogen-bond acceptors (Lipinski definition) is 2. The highest BCUT2D eigenvalue weighted by Gasteiger charge is 2.34. The zero-order valence-corrected chi connectivity index (χ0v) is 12.7. The lowest BCUT2D eigenvalue weighted by Gasteiger charge is -2.37. The van der Waals surface area contributed by atoms with Crippen LogP contribution in [0.15, 0.2) is 18.3 Å². The fraction of sp³-hybridized carbons (Fsp3) is 0.706. The summed E-state index contributed by atoms with van der Waals surface area (Å²) in [4.78, 5) is 4.69. The highest BCUT2D eigenvalue weighted by atomic mass is 14.8. The third-order valence-corrected chi connectivity index (χ3v) is 4.51. The molecule has 19 heavy (non-hydrogen) atoms. The van der Waals surface area contributed by atoms with Crippen molar-refractivity contribution in [3.63, 3.8) is 0 Å². The van der Waals surface area contributed by atoms with Crippen molar-refractivity contribution in [2.45, 2.75) is 58.8 Å². The van der Waals surface area contributed by atoms with Gasteiger partial charge in [0.2, 0.25) is 0 Å². The number of nitrogens with zero attached hydrogens (tertiary/aromatic N) is 1. The number of aryl methyl sites for hydroxylation is 1. The molecule has 0 aliphatic heterocycles. The van der Waals surface area contributed by atoms with E-state index in [2.05, 4.69) is 38.2 Å². The quantitative estimate of drug-likeness (QED) is 0.784. The summed E-state index contributed by atoms with van der Waals surface area (Å²) in [6, 6.07) is 4.34. The van der Waals surface area contributed by atoms with Crippen LogP contribution in [0, 0.1) is 5.41 Å². The molecular formula is C17H28N2. The van der Waals surface area contributed by atoms with Crippen LogP contribution in [-0.4, -0.2) is 18.1 Å². The smallest absolute Gasteiger partial charge is 0.0471 e. The van der Waals surface area contributed by atoms with Crippen LogP contribution < -0.4 is 5.32 Å². The molecular weight excluding hydrogens is 232 g/mol. The Balaban J connectivity index is 2.04. The highest BCUT2D eigenvalue weighted by Crippen LogP contribution is 2.44. The van der Waals surface area contributed by atoms with Crippen LogP contribution in [0.2, 0.25) is 0 Å². The van der Waals surface area contributed by atoms with Gasteiger partial charge in [-0.05, 0) is 62.2 Å². The van der Waals surface area contributed by atoms with Crippen molar-refractivity contribution in [2.75, 3.05) is 13.1 Å². The second kappa shape index (κ2) is 6.51. The Hall–Kier alpha value is -0.890. The van der Waals surface area contributed by atoms with Gasteiger partial charge in [0.25, 0.3) is 0 Å². The molecule has 1 heterocycles. The normalized spacial score (nSPS) is 19.2. The molecule has 0 saturated carbocycles. The van der Waals surface area contributed by atoms with Crippen molar-refractivity contribution in [1.29, 1.82) is 0 Å². The van der Waals surface area contributed by atoms with Crippen molar-refractivity contribution in [3.8, 4) is 0 Å². The molecule has 0 aromatic carbocycles. The molecule has 0 amide bonds. The number of pyridine rings is 1. The molecule has 106 valence electrons. The Morgan fingerprint density at radius 1 is 1.37 bits per heavy atom. The molecule has 1 unspecified atom stereocenters. The molecule has 0 fully saturated rings. The Bertz CT molecular complexity index is 398. The third kappa shape index (κ3) is 3.56. The Morgan fingerprint density at radius 3 is 3.00 bits per heavy atom. The first-order valence-corrected chi connectivity index (χ1v) is 7.79. The maximum Gasteiger partial charge on any atom is 0.0471 e. The summed E-state index contributed by atoms with van der Waals surface area (Å²) in [5, 5.41) is 3.53. The van der Waals surface area contributed by atoms with E-state index in [1.54, 1.807) is 0 Å². The minimum atomic E-state index is 0.338. The van der Waals surface area contributed by atoms with E-state index in [0.717, 1.165) is 13.1 Å². The van der Waals surface area contributed by atoms with Gasteiger partial charge in [-0.2, -0.15) is 0 Å².